The molecule has 0 bridgehead atoms. The highest BCUT2D eigenvalue weighted by Crippen LogP contribution is 2.38. The van der Waals surface area contributed by atoms with Gasteiger partial charge in [-0.05, 0) is 37.0 Å². The molecule has 0 saturated heterocycles. The third-order valence-electron chi connectivity index (χ3n) is 6.58. The first-order chi connectivity index (χ1) is 16.9. The summed E-state index contributed by atoms with van der Waals surface area (Å²) in [6.07, 6.45) is 3.12. The second-order valence-electron chi connectivity index (χ2n) is 9.19. The number of aromatic nitrogens is 2. The molecular weight excluding hydrogens is 466 g/mol. The van der Waals surface area contributed by atoms with Gasteiger partial charge >= 0.3 is 0 Å². The van der Waals surface area contributed by atoms with E-state index in [1.807, 2.05) is 48.5 Å². The smallest absolute Gasteiger partial charge is 0.274 e. The number of carbonyl (C=O) groups is 3. The minimum absolute atomic E-state index is 0.0299. The molecule has 35 heavy (non-hydrogen) atoms. The fourth-order valence-corrected chi connectivity index (χ4v) is 4.79. The van der Waals surface area contributed by atoms with Crippen molar-refractivity contribution in [3.63, 3.8) is 0 Å². The van der Waals surface area contributed by atoms with E-state index in [-0.39, 0.29) is 42.3 Å². The fourth-order valence-electron chi connectivity index (χ4n) is 4.59. The molecule has 2 heterocycles. The van der Waals surface area contributed by atoms with E-state index in [2.05, 4.69) is 15.6 Å². The number of amides is 3. The van der Waals surface area contributed by atoms with Crippen LogP contribution in [0.3, 0.4) is 0 Å². The van der Waals surface area contributed by atoms with E-state index in [0.717, 1.165) is 24.0 Å². The maximum absolute atomic E-state index is 13.7. The molecule has 0 radical (unpaired) electrons. The van der Waals surface area contributed by atoms with Crippen molar-refractivity contribution in [2.45, 2.75) is 51.0 Å². The lowest BCUT2D eigenvalue weighted by molar-refractivity contribution is -0.133. The summed E-state index contributed by atoms with van der Waals surface area (Å²) in [5.74, 6) is -1.04. The van der Waals surface area contributed by atoms with Gasteiger partial charge in [-0.25, -0.2) is 4.98 Å². The van der Waals surface area contributed by atoms with Crippen molar-refractivity contribution in [2.24, 2.45) is 0 Å². The van der Waals surface area contributed by atoms with E-state index < -0.39 is 11.4 Å². The molecule has 180 valence electrons. The van der Waals surface area contributed by atoms with Gasteiger partial charge in [0.2, 0.25) is 5.91 Å². The number of carbonyl (C=O) groups excluding carboxylic acids is 3. The van der Waals surface area contributed by atoms with Crippen molar-refractivity contribution < 1.29 is 14.4 Å². The Labute approximate surface area is 208 Å². The first-order valence-corrected chi connectivity index (χ1v) is 12.0. The molecule has 2 aromatic carbocycles. The van der Waals surface area contributed by atoms with Crippen LogP contribution in [-0.2, 0) is 24.4 Å². The standard InChI is InChI=1S/C26H26ClN5O3/c1-26(25(35)29-13-17-7-3-2-4-8-17)15-31-16-30-21(22(31)24(34)32(26)19-11-12-19)23(33)28-14-18-9-5-6-10-20(18)27/h2-10,16,19H,11-15H2,1H3,(H,28,33)(H,29,35). The Morgan fingerprint density at radius 1 is 1.06 bits per heavy atom. The zero-order valence-corrected chi connectivity index (χ0v) is 20.1. The van der Waals surface area contributed by atoms with E-state index in [1.54, 1.807) is 22.5 Å². The first kappa shape index (κ1) is 23.1. The third-order valence-corrected chi connectivity index (χ3v) is 6.95. The van der Waals surface area contributed by atoms with E-state index in [9.17, 15) is 14.4 Å². The van der Waals surface area contributed by atoms with Crippen LogP contribution < -0.4 is 10.6 Å². The van der Waals surface area contributed by atoms with Gasteiger partial charge in [0, 0.05) is 24.2 Å². The SMILES string of the molecule is CC1(C(=O)NCc2ccccc2)Cn2cnc(C(=O)NCc3ccccc3Cl)c2C(=O)N1C1CC1. The highest BCUT2D eigenvalue weighted by Gasteiger charge is 2.53. The minimum atomic E-state index is -1.09. The Hall–Kier alpha value is -3.65. The highest BCUT2D eigenvalue weighted by atomic mass is 35.5. The van der Waals surface area contributed by atoms with E-state index >= 15 is 0 Å². The number of nitrogens with one attached hydrogen (secondary N) is 2. The van der Waals surface area contributed by atoms with Crippen LogP contribution in [0.5, 0.6) is 0 Å². The zero-order chi connectivity index (χ0) is 24.6. The quantitative estimate of drug-likeness (QED) is 0.530. The summed E-state index contributed by atoms with van der Waals surface area (Å²) in [6, 6.07) is 16.8. The van der Waals surface area contributed by atoms with Crippen LogP contribution in [-0.4, -0.2) is 43.8 Å². The number of imidazole rings is 1. The molecule has 0 spiro atoms. The zero-order valence-electron chi connectivity index (χ0n) is 19.3. The second-order valence-corrected chi connectivity index (χ2v) is 9.60. The van der Waals surface area contributed by atoms with Crippen molar-refractivity contribution in [2.75, 3.05) is 0 Å². The van der Waals surface area contributed by atoms with E-state index in [0.29, 0.717) is 11.6 Å². The van der Waals surface area contributed by atoms with Gasteiger partial charge in [0.25, 0.3) is 11.8 Å². The number of hydrogen-bond donors (Lipinski definition) is 2. The third kappa shape index (κ3) is 4.41. The molecule has 1 aliphatic carbocycles. The number of nitrogens with zero attached hydrogens (tertiary/aromatic N) is 3. The summed E-state index contributed by atoms with van der Waals surface area (Å²) >= 11 is 6.19. The molecule has 3 aromatic rings. The summed E-state index contributed by atoms with van der Waals surface area (Å²) in [7, 11) is 0. The fraction of sp³-hybridized carbons (Fsp3) is 0.308. The molecule has 1 atom stereocenters. The Morgan fingerprint density at radius 2 is 1.77 bits per heavy atom. The number of fused-ring (bicyclic) bond motifs is 1. The lowest BCUT2D eigenvalue weighted by Crippen LogP contribution is -2.64. The number of hydrogen-bond acceptors (Lipinski definition) is 4. The average molecular weight is 492 g/mol. The van der Waals surface area contributed by atoms with Gasteiger partial charge in [-0.1, -0.05) is 60.1 Å². The van der Waals surface area contributed by atoms with Crippen LogP contribution in [0.2, 0.25) is 5.02 Å². The van der Waals surface area contributed by atoms with Crippen LogP contribution in [0.4, 0.5) is 0 Å². The summed E-state index contributed by atoms with van der Waals surface area (Å²) in [6.45, 7) is 2.58. The molecule has 1 aliphatic heterocycles. The van der Waals surface area contributed by atoms with Crippen molar-refractivity contribution in [1.29, 1.82) is 0 Å². The number of benzene rings is 2. The van der Waals surface area contributed by atoms with Gasteiger partial charge in [-0.3, -0.25) is 14.4 Å². The summed E-state index contributed by atoms with van der Waals surface area (Å²) in [5, 5.41) is 6.34. The molecule has 9 heteroatoms. The largest absolute Gasteiger partial charge is 0.350 e. The van der Waals surface area contributed by atoms with E-state index in [4.69, 9.17) is 11.6 Å². The predicted octanol–water partition coefficient (Wildman–Crippen LogP) is 3.16. The van der Waals surface area contributed by atoms with Gasteiger partial charge in [0.15, 0.2) is 5.69 Å². The van der Waals surface area contributed by atoms with Gasteiger partial charge < -0.3 is 20.1 Å². The Morgan fingerprint density at radius 3 is 2.49 bits per heavy atom. The van der Waals surface area contributed by atoms with Crippen molar-refractivity contribution in [3.8, 4) is 0 Å². The summed E-state index contributed by atoms with van der Waals surface area (Å²) in [4.78, 5) is 46.0. The van der Waals surface area contributed by atoms with Gasteiger partial charge in [-0.15, -0.1) is 0 Å². The molecule has 2 aliphatic rings. The molecule has 2 N–H and O–H groups in total. The van der Waals surface area contributed by atoms with Gasteiger partial charge in [0.05, 0.1) is 12.9 Å². The van der Waals surface area contributed by atoms with Gasteiger partial charge in [-0.2, -0.15) is 0 Å². The van der Waals surface area contributed by atoms with Gasteiger partial charge in [0.1, 0.15) is 11.2 Å². The molecular formula is C26H26ClN5O3. The van der Waals surface area contributed by atoms with Crippen LogP contribution in [0, 0.1) is 0 Å². The lowest BCUT2D eigenvalue weighted by Gasteiger charge is -2.44. The monoisotopic (exact) mass is 491 g/mol. The summed E-state index contributed by atoms with van der Waals surface area (Å²) < 4.78 is 1.62. The highest BCUT2D eigenvalue weighted by molar-refractivity contribution is 6.31. The van der Waals surface area contributed by atoms with Crippen molar-refractivity contribution >= 4 is 29.3 Å². The normalized spacial score (nSPS) is 19.3. The molecule has 8 nitrogen and oxygen atoms in total. The molecule has 1 aromatic heterocycles. The topological polar surface area (TPSA) is 96.3 Å². The lowest BCUT2D eigenvalue weighted by atomic mass is 9.93. The van der Waals surface area contributed by atoms with Crippen LogP contribution in [0.15, 0.2) is 60.9 Å². The minimum Gasteiger partial charge on any atom is -0.350 e. The van der Waals surface area contributed by atoms with Crippen LogP contribution in [0.1, 0.15) is 51.9 Å². The second kappa shape index (κ2) is 9.19. The maximum Gasteiger partial charge on any atom is 0.274 e. The predicted molar refractivity (Wildman–Crippen MR) is 131 cm³/mol. The molecule has 5 rings (SSSR count). The van der Waals surface area contributed by atoms with Crippen LogP contribution in [0.25, 0.3) is 0 Å². The summed E-state index contributed by atoms with van der Waals surface area (Å²) in [5.41, 5.74) is 0.919. The number of halogens is 1. The number of rotatable bonds is 7. The molecule has 1 saturated carbocycles. The van der Waals surface area contributed by atoms with Crippen molar-refractivity contribution in [3.05, 3.63) is 88.5 Å². The Balaban J connectivity index is 1.37. The van der Waals surface area contributed by atoms with Crippen LogP contribution >= 0.6 is 11.6 Å². The van der Waals surface area contributed by atoms with Crippen molar-refractivity contribution in [1.82, 2.24) is 25.1 Å². The Kier molecular flexibility index (Phi) is 6.06. The molecule has 1 fully saturated rings. The Bertz CT molecular complexity index is 1290. The maximum atomic E-state index is 13.7. The van der Waals surface area contributed by atoms with E-state index in [1.165, 1.54) is 6.33 Å². The first-order valence-electron chi connectivity index (χ1n) is 11.6. The molecule has 3 amide bonds. The molecule has 1 unspecified atom stereocenters. The average Bonchev–Trinajstić information content (AvgIpc) is 3.60.